The molecule has 2 N–H and O–H groups in total. The van der Waals surface area contributed by atoms with Gasteiger partial charge in [-0.05, 0) is 12.5 Å². The molecule has 0 fully saturated rings. The van der Waals surface area contributed by atoms with Crippen molar-refractivity contribution in [3.8, 4) is 5.88 Å². The summed E-state index contributed by atoms with van der Waals surface area (Å²) in [6, 6.07) is 2.98. The minimum absolute atomic E-state index is 0.0174. The van der Waals surface area contributed by atoms with Gasteiger partial charge < -0.3 is 10.5 Å². The Balaban J connectivity index is 2.38. The summed E-state index contributed by atoms with van der Waals surface area (Å²) in [7, 11) is 0. The van der Waals surface area contributed by atoms with Gasteiger partial charge in [0.25, 0.3) is 0 Å². The molecule has 17 heavy (non-hydrogen) atoms. The lowest BCUT2D eigenvalue weighted by Gasteiger charge is -2.10. The molecule has 2 aromatic rings. The largest absolute Gasteiger partial charge is 0.468 e. The summed E-state index contributed by atoms with van der Waals surface area (Å²) in [5.74, 6) is -0.0664. The van der Waals surface area contributed by atoms with Gasteiger partial charge in [-0.1, -0.05) is 6.07 Å². The van der Waals surface area contributed by atoms with Crippen molar-refractivity contribution >= 4 is 11.6 Å². The first-order valence-electron chi connectivity index (χ1n) is 4.68. The molecular weight excluding hydrogens is 237 g/mol. The third kappa shape index (κ3) is 2.40. The lowest BCUT2D eigenvalue weighted by molar-refractivity contribution is -0.154. The highest BCUT2D eigenvalue weighted by Crippen LogP contribution is 2.21. The molecule has 5 nitrogen and oxygen atoms in total. The molecule has 2 heterocycles. The fraction of sp³-hybridized carbons (Fsp3) is 0.333. The van der Waals surface area contributed by atoms with Crippen molar-refractivity contribution in [1.29, 1.82) is 0 Å². The summed E-state index contributed by atoms with van der Waals surface area (Å²) < 4.78 is 41.9. The Labute approximate surface area is 94.0 Å². The first-order chi connectivity index (χ1) is 7.87. The third-order valence-corrected chi connectivity index (χ3v) is 2.04. The lowest BCUT2D eigenvalue weighted by atomic mass is 10.3. The van der Waals surface area contributed by atoms with Crippen molar-refractivity contribution in [2.24, 2.45) is 0 Å². The maximum Gasteiger partial charge on any atom is 0.422 e. The molecule has 2 aromatic heterocycles. The smallest absolute Gasteiger partial charge is 0.422 e. The Bertz CT molecular complexity index is 549. The van der Waals surface area contributed by atoms with E-state index in [1.807, 2.05) is 0 Å². The van der Waals surface area contributed by atoms with Crippen LogP contribution in [0.2, 0.25) is 0 Å². The molecule has 92 valence electrons. The second kappa shape index (κ2) is 3.79. The molecule has 0 aliphatic rings. The van der Waals surface area contributed by atoms with E-state index in [1.165, 1.54) is 6.07 Å². The van der Waals surface area contributed by atoms with Gasteiger partial charge in [0.15, 0.2) is 12.3 Å². The molecule has 0 saturated carbocycles. The number of nitrogens with two attached hydrogens (primary N) is 1. The van der Waals surface area contributed by atoms with Crippen molar-refractivity contribution in [1.82, 2.24) is 14.6 Å². The number of rotatable bonds is 2. The topological polar surface area (TPSA) is 65.4 Å². The summed E-state index contributed by atoms with van der Waals surface area (Å²) >= 11 is 0. The predicted molar refractivity (Wildman–Crippen MR) is 53.7 cm³/mol. The number of aromatic nitrogens is 3. The number of nitrogens with zero attached hydrogens (tertiary/aromatic N) is 3. The van der Waals surface area contributed by atoms with Crippen LogP contribution in [-0.4, -0.2) is 27.4 Å². The Morgan fingerprint density at radius 1 is 1.41 bits per heavy atom. The molecule has 0 atom stereocenters. The van der Waals surface area contributed by atoms with Gasteiger partial charge in [0, 0.05) is 6.07 Å². The van der Waals surface area contributed by atoms with E-state index < -0.39 is 12.8 Å². The normalized spacial score (nSPS) is 12.0. The van der Waals surface area contributed by atoms with Crippen molar-refractivity contribution in [2.45, 2.75) is 13.1 Å². The van der Waals surface area contributed by atoms with Crippen LogP contribution in [0.5, 0.6) is 5.88 Å². The molecule has 0 aliphatic carbocycles. The molecule has 2 rings (SSSR count). The molecule has 0 bridgehead atoms. The first-order valence-corrected chi connectivity index (χ1v) is 4.68. The molecule has 0 unspecified atom stereocenters. The fourth-order valence-electron chi connectivity index (χ4n) is 1.34. The van der Waals surface area contributed by atoms with Crippen molar-refractivity contribution in [2.75, 3.05) is 12.3 Å². The monoisotopic (exact) mass is 246 g/mol. The molecule has 0 aromatic carbocycles. The van der Waals surface area contributed by atoms with Crippen molar-refractivity contribution < 1.29 is 17.9 Å². The zero-order valence-electron chi connectivity index (χ0n) is 8.82. The van der Waals surface area contributed by atoms with Crippen LogP contribution in [0.4, 0.5) is 19.1 Å². The number of ether oxygens (including phenoxy) is 1. The number of aryl methyl sites for hydroxylation is 1. The van der Waals surface area contributed by atoms with Gasteiger partial charge in [-0.3, -0.25) is 0 Å². The molecule has 0 spiro atoms. The first kappa shape index (κ1) is 11.5. The average molecular weight is 246 g/mol. The van der Waals surface area contributed by atoms with E-state index >= 15 is 0 Å². The average Bonchev–Trinajstić information content (AvgIpc) is 2.58. The van der Waals surface area contributed by atoms with E-state index in [0.29, 0.717) is 5.65 Å². The van der Waals surface area contributed by atoms with Gasteiger partial charge >= 0.3 is 6.18 Å². The fourth-order valence-corrected chi connectivity index (χ4v) is 1.34. The highest BCUT2D eigenvalue weighted by molar-refractivity contribution is 5.51. The quantitative estimate of drug-likeness (QED) is 0.873. The van der Waals surface area contributed by atoms with Gasteiger partial charge in [0.2, 0.25) is 11.8 Å². The number of pyridine rings is 1. The summed E-state index contributed by atoms with van der Waals surface area (Å²) in [5.41, 5.74) is 6.51. The Hall–Kier alpha value is -1.99. The zero-order valence-corrected chi connectivity index (χ0v) is 8.82. The van der Waals surface area contributed by atoms with Crippen LogP contribution in [-0.2, 0) is 0 Å². The molecule has 0 radical (unpaired) electrons. The second-order valence-corrected chi connectivity index (χ2v) is 3.46. The lowest BCUT2D eigenvalue weighted by Crippen LogP contribution is -2.20. The van der Waals surface area contributed by atoms with Gasteiger partial charge in [0.05, 0.1) is 0 Å². The van der Waals surface area contributed by atoms with Crippen LogP contribution in [0, 0.1) is 6.92 Å². The Morgan fingerprint density at radius 2 is 2.12 bits per heavy atom. The van der Waals surface area contributed by atoms with Crippen molar-refractivity contribution in [3.63, 3.8) is 0 Å². The number of hydrogen-bond acceptors (Lipinski definition) is 4. The van der Waals surface area contributed by atoms with E-state index in [1.54, 1.807) is 13.0 Å². The molecule has 0 aliphatic heterocycles. The maximum atomic E-state index is 12.0. The van der Waals surface area contributed by atoms with Crippen LogP contribution in [0.3, 0.4) is 0 Å². The minimum atomic E-state index is -4.40. The SMILES string of the molecule is Cc1ccc(OCC(F)(F)F)n2nc(N)nc12. The Kier molecular flexibility index (Phi) is 2.56. The predicted octanol–water partition coefficient (Wildman–Crippen LogP) is 1.56. The number of fused-ring (bicyclic) bond motifs is 1. The number of alkyl halides is 3. The van der Waals surface area contributed by atoms with Crippen LogP contribution in [0.25, 0.3) is 5.65 Å². The number of anilines is 1. The summed E-state index contributed by atoms with van der Waals surface area (Å²) in [4.78, 5) is 3.89. The maximum absolute atomic E-state index is 12.0. The number of nitrogen functional groups attached to an aromatic ring is 1. The number of hydrogen-bond donors (Lipinski definition) is 1. The highest BCUT2D eigenvalue weighted by Gasteiger charge is 2.29. The van der Waals surface area contributed by atoms with Crippen molar-refractivity contribution in [3.05, 3.63) is 17.7 Å². The summed E-state index contributed by atoms with van der Waals surface area (Å²) in [6.07, 6.45) is -4.40. The van der Waals surface area contributed by atoms with E-state index in [4.69, 9.17) is 5.73 Å². The minimum Gasteiger partial charge on any atom is -0.468 e. The molecule has 0 amide bonds. The standard InChI is InChI=1S/C9H9F3N4O/c1-5-2-3-6(17-4-9(10,11)12)16-7(5)14-8(13)15-16/h2-3H,4H2,1H3,(H2,13,15). The Morgan fingerprint density at radius 3 is 2.76 bits per heavy atom. The van der Waals surface area contributed by atoms with Crippen LogP contribution in [0.15, 0.2) is 12.1 Å². The van der Waals surface area contributed by atoms with Crippen LogP contribution >= 0.6 is 0 Å². The summed E-state index contributed by atoms with van der Waals surface area (Å²) in [5, 5.41) is 3.77. The van der Waals surface area contributed by atoms with Gasteiger partial charge in [-0.15, -0.1) is 5.10 Å². The van der Waals surface area contributed by atoms with Gasteiger partial charge in [-0.25, -0.2) is 0 Å². The molecular formula is C9H9F3N4O. The highest BCUT2D eigenvalue weighted by atomic mass is 19.4. The van der Waals surface area contributed by atoms with E-state index in [2.05, 4.69) is 14.8 Å². The van der Waals surface area contributed by atoms with E-state index in [0.717, 1.165) is 10.1 Å². The van der Waals surface area contributed by atoms with Crippen LogP contribution < -0.4 is 10.5 Å². The van der Waals surface area contributed by atoms with Crippen LogP contribution in [0.1, 0.15) is 5.56 Å². The molecule has 8 heteroatoms. The van der Waals surface area contributed by atoms with Gasteiger partial charge in [-0.2, -0.15) is 22.7 Å². The van der Waals surface area contributed by atoms with Gasteiger partial charge in [0.1, 0.15) is 0 Å². The summed E-state index contributed by atoms with van der Waals surface area (Å²) in [6.45, 7) is 0.363. The molecule has 0 saturated heterocycles. The van der Waals surface area contributed by atoms with E-state index in [-0.39, 0.29) is 11.8 Å². The third-order valence-electron chi connectivity index (χ3n) is 2.04. The number of halogens is 3. The zero-order chi connectivity index (χ0) is 12.6. The second-order valence-electron chi connectivity index (χ2n) is 3.46. The van der Waals surface area contributed by atoms with E-state index in [9.17, 15) is 13.2 Å².